The molecule has 1 aliphatic rings. The number of likely N-dealkylation sites (tertiary alicyclic amines) is 1. The molecule has 106 valence electrons. The zero-order valence-corrected chi connectivity index (χ0v) is 12.3. The second-order valence-corrected chi connectivity index (χ2v) is 5.87. The van der Waals surface area contributed by atoms with E-state index in [9.17, 15) is 4.79 Å². The Hall–Kier alpha value is -0.610. The molecule has 0 saturated carbocycles. The van der Waals surface area contributed by atoms with Gasteiger partial charge in [-0.2, -0.15) is 0 Å². The molecular weight excluding hydrogens is 228 g/mol. The van der Waals surface area contributed by atoms with Crippen LogP contribution in [-0.2, 0) is 9.53 Å². The number of rotatable bonds is 6. The first kappa shape index (κ1) is 15.4. The smallest absolute Gasteiger partial charge is 0.312 e. The third-order valence-corrected chi connectivity index (χ3v) is 3.70. The lowest BCUT2D eigenvalue weighted by Crippen LogP contribution is -2.46. The third-order valence-electron chi connectivity index (χ3n) is 3.70. The maximum atomic E-state index is 11.6. The number of methoxy groups -OCH3 is 1. The Labute approximate surface area is 111 Å². The van der Waals surface area contributed by atoms with E-state index in [2.05, 4.69) is 17.1 Å². The van der Waals surface area contributed by atoms with Crippen LogP contribution in [0.3, 0.4) is 0 Å². The minimum Gasteiger partial charge on any atom is -0.469 e. The van der Waals surface area contributed by atoms with Gasteiger partial charge in [0, 0.05) is 12.6 Å². The highest BCUT2D eigenvalue weighted by molar-refractivity contribution is 5.76. The van der Waals surface area contributed by atoms with Gasteiger partial charge in [0.15, 0.2) is 0 Å². The summed E-state index contributed by atoms with van der Waals surface area (Å²) in [7, 11) is 1.45. The zero-order valence-electron chi connectivity index (χ0n) is 12.3. The molecule has 1 rings (SSSR count). The highest BCUT2D eigenvalue weighted by Gasteiger charge is 2.29. The van der Waals surface area contributed by atoms with E-state index in [1.807, 2.05) is 13.8 Å². The predicted octanol–water partition coefficient (Wildman–Crippen LogP) is 1.65. The van der Waals surface area contributed by atoms with E-state index in [0.29, 0.717) is 12.6 Å². The largest absolute Gasteiger partial charge is 0.469 e. The molecule has 0 aromatic carbocycles. The van der Waals surface area contributed by atoms with Crippen molar-refractivity contribution in [1.82, 2.24) is 10.2 Å². The quantitative estimate of drug-likeness (QED) is 0.734. The van der Waals surface area contributed by atoms with Crippen LogP contribution in [-0.4, -0.2) is 50.2 Å². The van der Waals surface area contributed by atoms with Crippen molar-refractivity contribution >= 4 is 5.97 Å². The second kappa shape index (κ2) is 7.10. The fraction of sp³-hybridized carbons (Fsp3) is 0.929. The number of ether oxygens (including phenoxy) is 1. The van der Waals surface area contributed by atoms with Crippen LogP contribution < -0.4 is 5.32 Å². The predicted molar refractivity (Wildman–Crippen MR) is 73.6 cm³/mol. The average Bonchev–Trinajstić information content (AvgIpc) is 2.37. The maximum absolute atomic E-state index is 11.6. The summed E-state index contributed by atoms with van der Waals surface area (Å²) in [6, 6.07) is 0.544. The lowest BCUT2D eigenvalue weighted by molar-refractivity contribution is -0.150. The van der Waals surface area contributed by atoms with Crippen molar-refractivity contribution in [3.05, 3.63) is 0 Å². The van der Waals surface area contributed by atoms with Crippen LogP contribution in [0.25, 0.3) is 0 Å². The van der Waals surface area contributed by atoms with E-state index >= 15 is 0 Å². The van der Waals surface area contributed by atoms with Crippen LogP contribution in [0.2, 0.25) is 0 Å². The number of nitrogens with one attached hydrogen (secondary N) is 1. The second-order valence-electron chi connectivity index (χ2n) is 5.87. The first-order chi connectivity index (χ1) is 8.49. The molecule has 1 aliphatic heterocycles. The maximum Gasteiger partial charge on any atom is 0.312 e. The van der Waals surface area contributed by atoms with Crippen LogP contribution in [0, 0.1) is 5.41 Å². The van der Waals surface area contributed by atoms with E-state index < -0.39 is 5.41 Å². The number of hydrogen-bond donors (Lipinski definition) is 1. The SMILES string of the molecule is CCCN1CCC(NCC(C)(C)C(=O)OC)CC1. The first-order valence-electron chi connectivity index (χ1n) is 7.03. The van der Waals surface area contributed by atoms with Gasteiger partial charge in [-0.3, -0.25) is 4.79 Å². The van der Waals surface area contributed by atoms with Crippen molar-refractivity contribution in [3.8, 4) is 0 Å². The van der Waals surface area contributed by atoms with E-state index in [1.165, 1.54) is 46.0 Å². The minimum atomic E-state index is -0.435. The highest BCUT2D eigenvalue weighted by atomic mass is 16.5. The molecule has 1 heterocycles. The van der Waals surface area contributed by atoms with Gasteiger partial charge >= 0.3 is 5.97 Å². The Bertz CT molecular complexity index is 259. The van der Waals surface area contributed by atoms with Crippen LogP contribution in [0.1, 0.15) is 40.0 Å². The average molecular weight is 256 g/mol. The minimum absolute atomic E-state index is 0.140. The van der Waals surface area contributed by atoms with Gasteiger partial charge in [-0.05, 0) is 52.7 Å². The van der Waals surface area contributed by atoms with E-state index in [-0.39, 0.29) is 5.97 Å². The van der Waals surface area contributed by atoms with Gasteiger partial charge in [0.05, 0.1) is 12.5 Å². The monoisotopic (exact) mass is 256 g/mol. The Morgan fingerprint density at radius 1 is 1.39 bits per heavy atom. The Morgan fingerprint density at radius 3 is 2.50 bits per heavy atom. The molecule has 0 amide bonds. The molecule has 0 unspecified atom stereocenters. The standard InChI is InChI=1S/C14H28N2O2/c1-5-8-16-9-6-12(7-10-16)15-11-14(2,3)13(17)18-4/h12,15H,5-11H2,1-4H3. The first-order valence-corrected chi connectivity index (χ1v) is 7.03. The van der Waals surface area contributed by atoms with Crippen LogP contribution in [0.15, 0.2) is 0 Å². The Kier molecular flexibility index (Phi) is 6.09. The molecule has 1 saturated heterocycles. The molecule has 0 aromatic rings. The molecule has 18 heavy (non-hydrogen) atoms. The van der Waals surface area contributed by atoms with Gasteiger partial charge < -0.3 is 15.0 Å². The molecule has 0 atom stereocenters. The number of piperidine rings is 1. The fourth-order valence-corrected chi connectivity index (χ4v) is 2.42. The summed E-state index contributed by atoms with van der Waals surface area (Å²) >= 11 is 0. The van der Waals surface area contributed by atoms with Gasteiger partial charge in [0.1, 0.15) is 0 Å². The molecule has 4 heteroatoms. The van der Waals surface area contributed by atoms with Gasteiger partial charge in [0.25, 0.3) is 0 Å². The summed E-state index contributed by atoms with van der Waals surface area (Å²) in [5.74, 6) is -0.140. The van der Waals surface area contributed by atoms with Gasteiger partial charge in [-0.1, -0.05) is 6.92 Å². The molecule has 0 aromatic heterocycles. The van der Waals surface area contributed by atoms with Crippen LogP contribution >= 0.6 is 0 Å². The molecule has 0 radical (unpaired) electrons. The summed E-state index contributed by atoms with van der Waals surface area (Å²) < 4.78 is 4.82. The zero-order chi connectivity index (χ0) is 13.6. The van der Waals surface area contributed by atoms with E-state index in [0.717, 1.165) is 0 Å². The molecular formula is C14H28N2O2. The molecule has 1 fully saturated rings. The van der Waals surface area contributed by atoms with Crippen molar-refractivity contribution in [2.45, 2.75) is 46.1 Å². The summed E-state index contributed by atoms with van der Waals surface area (Å²) in [4.78, 5) is 14.1. The summed E-state index contributed by atoms with van der Waals surface area (Å²) in [5, 5.41) is 3.51. The van der Waals surface area contributed by atoms with Crippen molar-refractivity contribution in [2.24, 2.45) is 5.41 Å². The molecule has 0 bridgehead atoms. The fourth-order valence-electron chi connectivity index (χ4n) is 2.42. The number of nitrogens with zero attached hydrogens (tertiary/aromatic N) is 1. The van der Waals surface area contributed by atoms with E-state index in [1.54, 1.807) is 0 Å². The molecule has 1 N–H and O–H groups in total. The van der Waals surface area contributed by atoms with E-state index in [4.69, 9.17) is 4.74 Å². The van der Waals surface area contributed by atoms with Crippen molar-refractivity contribution < 1.29 is 9.53 Å². The van der Waals surface area contributed by atoms with Crippen molar-refractivity contribution in [2.75, 3.05) is 33.3 Å². The number of carbonyl (C=O) groups is 1. The summed E-state index contributed by atoms with van der Waals surface area (Å²) in [6.07, 6.45) is 3.59. The topological polar surface area (TPSA) is 41.6 Å². The normalized spacial score (nSPS) is 18.9. The Morgan fingerprint density at radius 2 is 2.00 bits per heavy atom. The number of carbonyl (C=O) groups excluding carboxylic acids is 1. The van der Waals surface area contributed by atoms with Gasteiger partial charge in [-0.25, -0.2) is 0 Å². The van der Waals surface area contributed by atoms with Crippen molar-refractivity contribution in [1.29, 1.82) is 0 Å². The van der Waals surface area contributed by atoms with Gasteiger partial charge in [0.2, 0.25) is 0 Å². The third kappa shape index (κ3) is 4.58. The highest BCUT2D eigenvalue weighted by Crippen LogP contribution is 2.17. The van der Waals surface area contributed by atoms with Crippen molar-refractivity contribution in [3.63, 3.8) is 0 Å². The van der Waals surface area contributed by atoms with Gasteiger partial charge in [-0.15, -0.1) is 0 Å². The Balaban J connectivity index is 2.27. The molecule has 0 spiro atoms. The number of esters is 1. The molecule has 4 nitrogen and oxygen atoms in total. The van der Waals surface area contributed by atoms with Crippen LogP contribution in [0.5, 0.6) is 0 Å². The molecule has 0 aliphatic carbocycles. The summed E-state index contributed by atoms with van der Waals surface area (Å²) in [6.45, 7) is 10.3. The summed E-state index contributed by atoms with van der Waals surface area (Å²) in [5.41, 5.74) is -0.435. The lowest BCUT2D eigenvalue weighted by Gasteiger charge is -2.33. The lowest BCUT2D eigenvalue weighted by atomic mass is 9.92. The number of hydrogen-bond acceptors (Lipinski definition) is 4. The van der Waals surface area contributed by atoms with Crippen LogP contribution in [0.4, 0.5) is 0 Å².